The first kappa shape index (κ1) is 16.0. The van der Waals surface area contributed by atoms with E-state index >= 15 is 0 Å². The predicted molar refractivity (Wildman–Crippen MR) is 87.0 cm³/mol. The van der Waals surface area contributed by atoms with Crippen molar-refractivity contribution in [3.63, 3.8) is 0 Å². The Morgan fingerprint density at radius 1 is 1.19 bits per heavy atom. The first-order valence-corrected chi connectivity index (χ1v) is 8.26. The standard InChI is InChI=1S/C18H28N2O/c1-20(15-16-9-4-2-5-10-16)14-8-13-19-18(21)17-11-6-3-7-12-17/h2,4-5,9-10,17H,3,6-8,11-15H2,1H3,(H,19,21). The minimum absolute atomic E-state index is 0.278. The Bertz CT molecular complexity index is 412. The van der Waals surface area contributed by atoms with E-state index in [1.54, 1.807) is 0 Å². The quantitative estimate of drug-likeness (QED) is 0.781. The van der Waals surface area contributed by atoms with Crippen LogP contribution in [0.5, 0.6) is 0 Å². The van der Waals surface area contributed by atoms with Crippen LogP contribution in [0.2, 0.25) is 0 Å². The van der Waals surface area contributed by atoms with Crippen LogP contribution in [0.25, 0.3) is 0 Å². The molecule has 1 aliphatic rings. The SMILES string of the molecule is CN(CCCNC(=O)C1CCCCC1)Cc1ccccc1. The molecule has 1 amide bonds. The summed E-state index contributed by atoms with van der Waals surface area (Å²) in [6.07, 6.45) is 6.92. The highest BCUT2D eigenvalue weighted by Crippen LogP contribution is 2.23. The summed E-state index contributed by atoms with van der Waals surface area (Å²) in [5.41, 5.74) is 1.34. The molecule has 0 unspecified atom stereocenters. The minimum Gasteiger partial charge on any atom is -0.356 e. The first-order chi connectivity index (χ1) is 10.3. The lowest BCUT2D eigenvalue weighted by Crippen LogP contribution is -2.33. The summed E-state index contributed by atoms with van der Waals surface area (Å²) in [6, 6.07) is 10.5. The lowest BCUT2D eigenvalue weighted by atomic mass is 9.89. The molecular weight excluding hydrogens is 260 g/mol. The Kier molecular flexibility index (Phi) is 6.74. The second-order valence-electron chi connectivity index (χ2n) is 6.20. The highest BCUT2D eigenvalue weighted by molar-refractivity contribution is 5.78. The van der Waals surface area contributed by atoms with E-state index in [0.29, 0.717) is 0 Å². The van der Waals surface area contributed by atoms with E-state index in [2.05, 4.69) is 41.5 Å². The van der Waals surface area contributed by atoms with Gasteiger partial charge in [0, 0.05) is 19.0 Å². The van der Waals surface area contributed by atoms with Gasteiger partial charge < -0.3 is 10.2 Å². The van der Waals surface area contributed by atoms with Crippen molar-refractivity contribution in [2.24, 2.45) is 5.92 Å². The fraction of sp³-hybridized carbons (Fsp3) is 0.611. The molecule has 116 valence electrons. The van der Waals surface area contributed by atoms with Crippen molar-refractivity contribution in [3.8, 4) is 0 Å². The molecule has 2 rings (SSSR count). The average Bonchev–Trinajstić information content (AvgIpc) is 2.53. The van der Waals surface area contributed by atoms with Crippen molar-refractivity contribution >= 4 is 5.91 Å². The third kappa shape index (κ3) is 5.88. The zero-order valence-corrected chi connectivity index (χ0v) is 13.2. The van der Waals surface area contributed by atoms with Gasteiger partial charge in [-0.05, 0) is 38.4 Å². The van der Waals surface area contributed by atoms with Crippen molar-refractivity contribution < 1.29 is 4.79 Å². The molecule has 0 radical (unpaired) electrons. The summed E-state index contributed by atoms with van der Waals surface area (Å²) in [7, 11) is 2.13. The molecule has 1 fully saturated rings. The van der Waals surface area contributed by atoms with Crippen molar-refractivity contribution in [2.75, 3.05) is 20.1 Å². The maximum Gasteiger partial charge on any atom is 0.223 e. The van der Waals surface area contributed by atoms with Gasteiger partial charge in [-0.2, -0.15) is 0 Å². The number of nitrogens with one attached hydrogen (secondary N) is 1. The number of hydrogen-bond donors (Lipinski definition) is 1. The molecule has 0 saturated heterocycles. The van der Waals surface area contributed by atoms with E-state index in [1.165, 1.54) is 24.8 Å². The maximum absolute atomic E-state index is 12.0. The normalized spacial score (nSPS) is 16.1. The Morgan fingerprint density at radius 2 is 1.90 bits per heavy atom. The molecule has 1 aromatic rings. The van der Waals surface area contributed by atoms with E-state index < -0.39 is 0 Å². The number of amides is 1. The van der Waals surface area contributed by atoms with Crippen molar-refractivity contribution in [1.82, 2.24) is 10.2 Å². The molecule has 0 heterocycles. The van der Waals surface area contributed by atoms with Crippen LogP contribution in [0, 0.1) is 5.92 Å². The highest BCUT2D eigenvalue weighted by atomic mass is 16.1. The Hall–Kier alpha value is -1.35. The van der Waals surface area contributed by atoms with Crippen LogP contribution in [0.1, 0.15) is 44.1 Å². The molecule has 0 bridgehead atoms. The molecule has 1 saturated carbocycles. The fourth-order valence-electron chi connectivity index (χ4n) is 3.04. The lowest BCUT2D eigenvalue weighted by Gasteiger charge is -2.21. The van der Waals surface area contributed by atoms with Gasteiger partial charge in [-0.25, -0.2) is 0 Å². The number of nitrogens with zero attached hydrogens (tertiary/aromatic N) is 1. The van der Waals surface area contributed by atoms with E-state index in [0.717, 1.165) is 38.9 Å². The van der Waals surface area contributed by atoms with Gasteiger partial charge in [0.2, 0.25) is 5.91 Å². The van der Waals surface area contributed by atoms with Crippen LogP contribution in [0.4, 0.5) is 0 Å². The third-order valence-corrected chi connectivity index (χ3v) is 4.29. The highest BCUT2D eigenvalue weighted by Gasteiger charge is 2.20. The van der Waals surface area contributed by atoms with Gasteiger partial charge in [-0.3, -0.25) is 4.79 Å². The second-order valence-corrected chi connectivity index (χ2v) is 6.20. The summed E-state index contributed by atoms with van der Waals surface area (Å²) in [5, 5.41) is 3.11. The molecule has 1 aromatic carbocycles. The predicted octanol–water partition coefficient (Wildman–Crippen LogP) is 3.21. The molecule has 0 aliphatic heterocycles. The number of benzene rings is 1. The molecular formula is C18H28N2O. The smallest absolute Gasteiger partial charge is 0.223 e. The van der Waals surface area contributed by atoms with Gasteiger partial charge >= 0.3 is 0 Å². The molecule has 0 spiro atoms. The first-order valence-electron chi connectivity index (χ1n) is 8.26. The topological polar surface area (TPSA) is 32.3 Å². The van der Waals surface area contributed by atoms with E-state index in [9.17, 15) is 4.79 Å². The van der Waals surface area contributed by atoms with Crippen LogP contribution in [0.3, 0.4) is 0 Å². The van der Waals surface area contributed by atoms with Gasteiger partial charge in [0.25, 0.3) is 0 Å². The molecule has 0 aromatic heterocycles. The molecule has 1 aliphatic carbocycles. The van der Waals surface area contributed by atoms with Gasteiger partial charge in [-0.1, -0.05) is 49.6 Å². The Labute approximate surface area is 128 Å². The van der Waals surface area contributed by atoms with Crippen LogP contribution in [-0.2, 0) is 11.3 Å². The molecule has 0 atom stereocenters. The van der Waals surface area contributed by atoms with Crippen LogP contribution in [-0.4, -0.2) is 30.9 Å². The summed E-state index contributed by atoms with van der Waals surface area (Å²) < 4.78 is 0. The molecule has 1 N–H and O–H groups in total. The van der Waals surface area contributed by atoms with Crippen molar-refractivity contribution in [3.05, 3.63) is 35.9 Å². The minimum atomic E-state index is 0.278. The molecule has 3 nitrogen and oxygen atoms in total. The Balaban J connectivity index is 1.57. The lowest BCUT2D eigenvalue weighted by molar-refractivity contribution is -0.125. The summed E-state index contributed by atoms with van der Waals surface area (Å²) in [5.74, 6) is 0.557. The maximum atomic E-state index is 12.0. The number of hydrogen-bond acceptors (Lipinski definition) is 2. The summed E-state index contributed by atoms with van der Waals surface area (Å²) >= 11 is 0. The zero-order chi connectivity index (χ0) is 14.9. The van der Waals surface area contributed by atoms with Gasteiger partial charge in [-0.15, -0.1) is 0 Å². The van der Waals surface area contributed by atoms with E-state index in [-0.39, 0.29) is 11.8 Å². The third-order valence-electron chi connectivity index (χ3n) is 4.29. The van der Waals surface area contributed by atoms with Crippen molar-refractivity contribution in [2.45, 2.75) is 45.1 Å². The van der Waals surface area contributed by atoms with E-state index in [4.69, 9.17) is 0 Å². The fourth-order valence-corrected chi connectivity index (χ4v) is 3.04. The molecule has 3 heteroatoms. The average molecular weight is 288 g/mol. The number of carbonyl (C=O) groups excluding carboxylic acids is 1. The van der Waals surface area contributed by atoms with Crippen LogP contribution < -0.4 is 5.32 Å². The van der Waals surface area contributed by atoms with Gasteiger partial charge in [0.1, 0.15) is 0 Å². The largest absolute Gasteiger partial charge is 0.356 e. The number of rotatable bonds is 7. The molecule has 21 heavy (non-hydrogen) atoms. The van der Waals surface area contributed by atoms with Crippen LogP contribution >= 0.6 is 0 Å². The zero-order valence-electron chi connectivity index (χ0n) is 13.2. The Morgan fingerprint density at radius 3 is 2.62 bits per heavy atom. The van der Waals surface area contributed by atoms with Gasteiger partial charge in [0.05, 0.1) is 0 Å². The van der Waals surface area contributed by atoms with Crippen LogP contribution in [0.15, 0.2) is 30.3 Å². The monoisotopic (exact) mass is 288 g/mol. The second kappa shape index (κ2) is 8.83. The van der Waals surface area contributed by atoms with Crippen molar-refractivity contribution in [1.29, 1.82) is 0 Å². The van der Waals surface area contributed by atoms with Gasteiger partial charge in [0.15, 0.2) is 0 Å². The number of carbonyl (C=O) groups is 1. The summed E-state index contributed by atoms with van der Waals surface area (Å²) in [6.45, 7) is 2.78. The van der Waals surface area contributed by atoms with E-state index in [1.807, 2.05) is 6.07 Å². The summed E-state index contributed by atoms with van der Waals surface area (Å²) in [4.78, 5) is 14.3.